The number of nitrogens with zero attached hydrogens (tertiary/aromatic N) is 1. The van der Waals surface area contributed by atoms with Crippen LogP contribution in [0, 0.1) is 0 Å². The number of nitrogens with two attached hydrogens (primary N) is 1. The second-order valence-electron chi connectivity index (χ2n) is 5.10. The van der Waals surface area contributed by atoms with Crippen molar-refractivity contribution in [2.24, 2.45) is 0 Å². The summed E-state index contributed by atoms with van der Waals surface area (Å²) in [5.41, 5.74) is 7.13. The van der Waals surface area contributed by atoms with Crippen molar-refractivity contribution in [2.75, 3.05) is 12.3 Å². The first-order valence-corrected chi connectivity index (χ1v) is 7.22. The molecule has 18 heavy (non-hydrogen) atoms. The lowest BCUT2D eigenvalue weighted by atomic mass is 9.90. The zero-order valence-electron chi connectivity index (χ0n) is 11.0. The quantitative estimate of drug-likeness (QED) is 0.826. The molecule has 3 N–H and O–H groups in total. The van der Waals surface area contributed by atoms with Crippen LogP contribution in [0.4, 0.5) is 5.82 Å². The van der Waals surface area contributed by atoms with E-state index in [1.165, 1.54) is 25.7 Å². The number of halogens is 1. The number of hydrogen-bond donors (Lipinski definition) is 2. The average molecular weight is 268 g/mol. The molecule has 1 aliphatic carbocycles. The molecular formula is C14H22ClN3. The van der Waals surface area contributed by atoms with Crippen molar-refractivity contribution in [3.05, 3.63) is 22.8 Å². The van der Waals surface area contributed by atoms with Crippen molar-refractivity contribution in [3.63, 3.8) is 0 Å². The maximum atomic E-state index is 6.04. The second-order valence-corrected chi connectivity index (χ2v) is 5.54. The van der Waals surface area contributed by atoms with Gasteiger partial charge in [0.05, 0.1) is 5.02 Å². The lowest BCUT2D eigenvalue weighted by molar-refractivity contribution is 0.449. The molecule has 0 amide bonds. The van der Waals surface area contributed by atoms with Crippen molar-refractivity contribution in [2.45, 2.75) is 51.0 Å². The Labute approximate surface area is 114 Å². The summed E-state index contributed by atoms with van der Waals surface area (Å²) in [6.07, 6.45) is 7.77. The molecule has 1 aromatic heterocycles. The van der Waals surface area contributed by atoms with Crippen molar-refractivity contribution >= 4 is 17.4 Å². The van der Waals surface area contributed by atoms with Gasteiger partial charge in [0.25, 0.3) is 0 Å². The van der Waals surface area contributed by atoms with E-state index in [0.717, 1.165) is 18.5 Å². The molecule has 1 heterocycles. The molecule has 3 nitrogen and oxygen atoms in total. The van der Waals surface area contributed by atoms with E-state index in [1.807, 2.05) is 6.07 Å². The summed E-state index contributed by atoms with van der Waals surface area (Å²) < 4.78 is 0. The number of aromatic nitrogens is 1. The smallest absolute Gasteiger partial charge is 0.126 e. The highest BCUT2D eigenvalue weighted by Crippen LogP contribution is 2.35. The van der Waals surface area contributed by atoms with Gasteiger partial charge in [-0.15, -0.1) is 0 Å². The molecular weight excluding hydrogens is 246 g/mol. The molecule has 2 unspecified atom stereocenters. The van der Waals surface area contributed by atoms with Gasteiger partial charge < -0.3 is 11.1 Å². The van der Waals surface area contributed by atoms with Crippen LogP contribution in [0.15, 0.2) is 12.3 Å². The predicted octanol–water partition coefficient (Wildman–Crippen LogP) is 3.34. The van der Waals surface area contributed by atoms with Gasteiger partial charge in [0, 0.05) is 12.2 Å². The molecule has 2 rings (SSSR count). The highest BCUT2D eigenvalue weighted by Gasteiger charge is 2.23. The molecule has 1 aliphatic rings. The summed E-state index contributed by atoms with van der Waals surface area (Å²) in [7, 11) is 0. The van der Waals surface area contributed by atoms with Crippen LogP contribution in [-0.4, -0.2) is 17.6 Å². The normalized spacial score (nSPS) is 24.8. The van der Waals surface area contributed by atoms with Gasteiger partial charge in [-0.1, -0.05) is 31.4 Å². The van der Waals surface area contributed by atoms with Crippen LogP contribution >= 0.6 is 11.6 Å². The summed E-state index contributed by atoms with van der Waals surface area (Å²) in [6.45, 7) is 3.19. The number of rotatable bonds is 3. The Hall–Kier alpha value is -0.800. The fraction of sp³-hybridized carbons (Fsp3) is 0.643. The molecule has 0 bridgehead atoms. The monoisotopic (exact) mass is 267 g/mol. The first kappa shape index (κ1) is 13.6. The molecule has 2 atom stereocenters. The fourth-order valence-corrected chi connectivity index (χ4v) is 3.08. The van der Waals surface area contributed by atoms with Crippen molar-refractivity contribution in [1.82, 2.24) is 10.3 Å². The molecule has 4 heteroatoms. The molecule has 0 aliphatic heterocycles. The average Bonchev–Trinajstić information content (AvgIpc) is 2.58. The highest BCUT2D eigenvalue weighted by molar-refractivity contribution is 6.30. The minimum atomic E-state index is 0.489. The number of hydrogen-bond acceptors (Lipinski definition) is 3. The standard InChI is InChI=1S/C14H22ClN3/c1-2-17-12-6-4-3-5-10(7-12)13-8-11(15)9-18-14(13)16/h8-10,12,17H,2-7H2,1H3,(H2,16,18). The maximum Gasteiger partial charge on any atom is 0.126 e. The maximum absolute atomic E-state index is 6.04. The molecule has 0 saturated heterocycles. The van der Waals surface area contributed by atoms with Crippen LogP contribution in [0.3, 0.4) is 0 Å². The summed E-state index contributed by atoms with van der Waals surface area (Å²) in [4.78, 5) is 4.18. The van der Waals surface area contributed by atoms with E-state index in [1.54, 1.807) is 6.20 Å². The SMILES string of the molecule is CCNC1CCCCC(c2cc(Cl)cnc2N)C1. The number of anilines is 1. The Bertz CT molecular complexity index is 395. The van der Waals surface area contributed by atoms with Crippen LogP contribution in [0.1, 0.15) is 50.5 Å². The first-order valence-electron chi connectivity index (χ1n) is 6.85. The Morgan fingerprint density at radius 3 is 3.00 bits per heavy atom. The largest absolute Gasteiger partial charge is 0.383 e. The van der Waals surface area contributed by atoms with Gasteiger partial charge in [0.2, 0.25) is 0 Å². The van der Waals surface area contributed by atoms with Gasteiger partial charge in [-0.3, -0.25) is 0 Å². The van der Waals surface area contributed by atoms with E-state index in [2.05, 4.69) is 17.2 Å². The summed E-state index contributed by atoms with van der Waals surface area (Å²) in [5.74, 6) is 1.13. The lowest BCUT2D eigenvalue weighted by Crippen LogP contribution is -2.29. The third-order valence-electron chi connectivity index (χ3n) is 3.77. The molecule has 0 aromatic carbocycles. The Kier molecular flexibility index (Phi) is 4.84. The van der Waals surface area contributed by atoms with E-state index in [-0.39, 0.29) is 0 Å². The molecule has 100 valence electrons. The Balaban J connectivity index is 2.16. The van der Waals surface area contributed by atoms with E-state index in [9.17, 15) is 0 Å². The zero-order valence-corrected chi connectivity index (χ0v) is 11.7. The molecule has 1 fully saturated rings. The minimum absolute atomic E-state index is 0.489. The molecule has 0 spiro atoms. The first-order chi connectivity index (χ1) is 8.70. The fourth-order valence-electron chi connectivity index (χ4n) is 2.91. The van der Waals surface area contributed by atoms with Crippen LogP contribution < -0.4 is 11.1 Å². The topological polar surface area (TPSA) is 50.9 Å². The Morgan fingerprint density at radius 1 is 1.44 bits per heavy atom. The highest BCUT2D eigenvalue weighted by atomic mass is 35.5. The van der Waals surface area contributed by atoms with Crippen molar-refractivity contribution in [3.8, 4) is 0 Å². The Morgan fingerprint density at radius 2 is 2.22 bits per heavy atom. The molecule has 1 saturated carbocycles. The van der Waals surface area contributed by atoms with E-state index < -0.39 is 0 Å². The molecule has 0 radical (unpaired) electrons. The lowest BCUT2D eigenvalue weighted by Gasteiger charge is -2.21. The van der Waals surface area contributed by atoms with Crippen LogP contribution in [-0.2, 0) is 0 Å². The van der Waals surface area contributed by atoms with Crippen molar-refractivity contribution < 1.29 is 0 Å². The van der Waals surface area contributed by atoms with Crippen LogP contribution in [0.25, 0.3) is 0 Å². The molecule has 1 aromatic rings. The minimum Gasteiger partial charge on any atom is -0.383 e. The van der Waals surface area contributed by atoms with Crippen molar-refractivity contribution in [1.29, 1.82) is 0 Å². The summed E-state index contributed by atoms with van der Waals surface area (Å²) in [6, 6.07) is 2.59. The summed E-state index contributed by atoms with van der Waals surface area (Å²) in [5, 5.41) is 4.25. The number of nitrogens with one attached hydrogen (secondary N) is 1. The van der Waals surface area contributed by atoms with Gasteiger partial charge in [-0.2, -0.15) is 0 Å². The van der Waals surface area contributed by atoms with Gasteiger partial charge in [-0.25, -0.2) is 4.98 Å². The predicted molar refractivity (Wildman–Crippen MR) is 77.0 cm³/mol. The number of nitrogen functional groups attached to an aromatic ring is 1. The van der Waals surface area contributed by atoms with E-state index >= 15 is 0 Å². The third-order valence-corrected chi connectivity index (χ3v) is 3.98. The third kappa shape index (κ3) is 3.36. The van der Waals surface area contributed by atoms with Gasteiger partial charge in [0.15, 0.2) is 0 Å². The van der Waals surface area contributed by atoms with Gasteiger partial charge in [-0.05, 0) is 43.4 Å². The van der Waals surface area contributed by atoms with E-state index in [4.69, 9.17) is 17.3 Å². The second kappa shape index (κ2) is 6.39. The summed E-state index contributed by atoms with van der Waals surface area (Å²) >= 11 is 6.04. The van der Waals surface area contributed by atoms with Crippen LogP contribution in [0.2, 0.25) is 5.02 Å². The van der Waals surface area contributed by atoms with Crippen LogP contribution in [0.5, 0.6) is 0 Å². The van der Waals surface area contributed by atoms with E-state index in [0.29, 0.717) is 22.8 Å². The zero-order chi connectivity index (χ0) is 13.0. The number of pyridine rings is 1. The van der Waals surface area contributed by atoms with Gasteiger partial charge in [0.1, 0.15) is 5.82 Å². The van der Waals surface area contributed by atoms with Gasteiger partial charge >= 0.3 is 0 Å².